The standard InChI is InChI=1S/C21H29F3N2O5/c1-19(2,3)31-18(29)13-20(30)7-10-26(11-8-20)16-5-4-14(25-9-6-17(27)28)12-15(16)21(22,23)24/h4-5,12,25,30H,6-11,13H2,1-3H3,(H,27,28). The van der Waals surface area contributed by atoms with Crippen molar-refractivity contribution in [2.24, 2.45) is 0 Å². The second-order valence-corrected chi connectivity index (χ2v) is 8.77. The summed E-state index contributed by atoms with van der Waals surface area (Å²) >= 11 is 0. The average molecular weight is 446 g/mol. The van der Waals surface area contributed by atoms with E-state index in [9.17, 15) is 27.9 Å². The smallest absolute Gasteiger partial charge is 0.418 e. The minimum absolute atomic E-state index is 0.00733. The first-order valence-electron chi connectivity index (χ1n) is 10.0. The quantitative estimate of drug-likeness (QED) is 0.550. The molecule has 1 heterocycles. The lowest BCUT2D eigenvalue weighted by molar-refractivity contribution is -0.161. The molecule has 0 bridgehead atoms. The predicted molar refractivity (Wildman–Crippen MR) is 109 cm³/mol. The molecule has 0 spiro atoms. The molecule has 0 aromatic heterocycles. The SMILES string of the molecule is CC(C)(C)OC(=O)CC1(O)CCN(c2ccc(NCCC(=O)O)cc2C(F)(F)F)CC1. The summed E-state index contributed by atoms with van der Waals surface area (Å²) in [5.41, 5.74) is -2.69. The van der Waals surface area contributed by atoms with E-state index in [2.05, 4.69) is 5.32 Å². The molecule has 1 aromatic carbocycles. The van der Waals surface area contributed by atoms with Gasteiger partial charge < -0.3 is 25.2 Å². The molecule has 174 valence electrons. The number of anilines is 2. The maximum atomic E-state index is 13.7. The van der Waals surface area contributed by atoms with Crippen molar-refractivity contribution in [3.05, 3.63) is 23.8 Å². The number of hydrogen-bond acceptors (Lipinski definition) is 6. The summed E-state index contributed by atoms with van der Waals surface area (Å²) in [7, 11) is 0. The number of hydrogen-bond donors (Lipinski definition) is 3. The van der Waals surface area contributed by atoms with Crippen LogP contribution in [-0.2, 0) is 20.5 Å². The van der Waals surface area contributed by atoms with E-state index in [4.69, 9.17) is 9.84 Å². The molecule has 2 rings (SSSR count). The Balaban J connectivity index is 2.09. The van der Waals surface area contributed by atoms with Crippen molar-refractivity contribution < 1.29 is 37.7 Å². The topological polar surface area (TPSA) is 99.1 Å². The van der Waals surface area contributed by atoms with Gasteiger partial charge in [-0.15, -0.1) is 0 Å². The van der Waals surface area contributed by atoms with Gasteiger partial charge in [-0.2, -0.15) is 13.2 Å². The van der Waals surface area contributed by atoms with Crippen LogP contribution in [0.3, 0.4) is 0 Å². The number of rotatable bonds is 7. The van der Waals surface area contributed by atoms with Crippen molar-refractivity contribution in [2.75, 3.05) is 29.9 Å². The minimum Gasteiger partial charge on any atom is -0.481 e. The van der Waals surface area contributed by atoms with Crippen LogP contribution >= 0.6 is 0 Å². The number of nitrogens with one attached hydrogen (secondary N) is 1. The Morgan fingerprint density at radius 1 is 1.19 bits per heavy atom. The number of carbonyl (C=O) groups excluding carboxylic acids is 1. The lowest BCUT2D eigenvalue weighted by Crippen LogP contribution is -2.46. The van der Waals surface area contributed by atoms with Gasteiger partial charge in [0.1, 0.15) is 5.60 Å². The number of piperidine rings is 1. The van der Waals surface area contributed by atoms with Gasteiger partial charge in [-0.1, -0.05) is 0 Å². The Morgan fingerprint density at radius 2 is 1.81 bits per heavy atom. The highest BCUT2D eigenvalue weighted by Crippen LogP contribution is 2.40. The normalized spacial score (nSPS) is 16.7. The molecule has 7 nitrogen and oxygen atoms in total. The van der Waals surface area contributed by atoms with Crippen molar-refractivity contribution >= 4 is 23.3 Å². The summed E-state index contributed by atoms with van der Waals surface area (Å²) in [6.07, 6.45) is -4.78. The third-order valence-electron chi connectivity index (χ3n) is 4.90. The molecule has 0 unspecified atom stereocenters. The van der Waals surface area contributed by atoms with Crippen molar-refractivity contribution in [3.8, 4) is 0 Å². The van der Waals surface area contributed by atoms with Crippen LogP contribution in [0.4, 0.5) is 24.5 Å². The Labute approximate surface area is 179 Å². The lowest BCUT2D eigenvalue weighted by atomic mass is 9.87. The van der Waals surface area contributed by atoms with Crippen LogP contribution in [0.2, 0.25) is 0 Å². The van der Waals surface area contributed by atoms with Crippen LogP contribution in [0.5, 0.6) is 0 Å². The molecule has 10 heteroatoms. The summed E-state index contributed by atoms with van der Waals surface area (Å²) in [6, 6.07) is 3.76. The van der Waals surface area contributed by atoms with Gasteiger partial charge in [0.25, 0.3) is 0 Å². The van der Waals surface area contributed by atoms with Gasteiger partial charge in [0.15, 0.2) is 0 Å². The van der Waals surface area contributed by atoms with Crippen LogP contribution in [0.15, 0.2) is 18.2 Å². The highest BCUT2D eigenvalue weighted by molar-refractivity contribution is 5.71. The van der Waals surface area contributed by atoms with Crippen LogP contribution in [0.25, 0.3) is 0 Å². The van der Waals surface area contributed by atoms with E-state index in [1.165, 1.54) is 17.0 Å². The second kappa shape index (κ2) is 9.33. The molecule has 1 fully saturated rings. The van der Waals surface area contributed by atoms with E-state index >= 15 is 0 Å². The molecule has 1 aliphatic rings. The molecule has 0 saturated carbocycles. The van der Waals surface area contributed by atoms with Crippen molar-refractivity contribution in [1.29, 1.82) is 0 Å². The molecular formula is C21H29F3N2O5. The first-order chi connectivity index (χ1) is 14.2. The zero-order chi connectivity index (χ0) is 23.4. The lowest BCUT2D eigenvalue weighted by Gasteiger charge is -2.40. The largest absolute Gasteiger partial charge is 0.481 e. The number of alkyl halides is 3. The highest BCUT2D eigenvalue weighted by atomic mass is 19.4. The Bertz CT molecular complexity index is 797. The molecular weight excluding hydrogens is 417 g/mol. The van der Waals surface area contributed by atoms with Gasteiger partial charge in [-0.25, -0.2) is 0 Å². The van der Waals surface area contributed by atoms with Gasteiger partial charge in [-0.3, -0.25) is 9.59 Å². The maximum Gasteiger partial charge on any atom is 0.418 e. The number of halogens is 3. The van der Waals surface area contributed by atoms with Crippen molar-refractivity contribution in [3.63, 3.8) is 0 Å². The third-order valence-corrected chi connectivity index (χ3v) is 4.90. The minimum atomic E-state index is -4.61. The molecule has 0 radical (unpaired) electrons. The summed E-state index contributed by atoms with van der Waals surface area (Å²) in [4.78, 5) is 24.2. The molecule has 1 aliphatic heterocycles. The Hall–Kier alpha value is -2.49. The van der Waals surface area contributed by atoms with Crippen LogP contribution in [0, 0.1) is 0 Å². The first kappa shape index (κ1) is 24.8. The van der Waals surface area contributed by atoms with E-state index in [-0.39, 0.29) is 56.7 Å². The van der Waals surface area contributed by atoms with E-state index < -0.39 is 34.9 Å². The Kier molecular flexibility index (Phi) is 7.46. The Morgan fingerprint density at radius 3 is 2.32 bits per heavy atom. The van der Waals surface area contributed by atoms with Gasteiger partial charge in [0, 0.05) is 31.0 Å². The highest BCUT2D eigenvalue weighted by Gasteiger charge is 2.39. The number of carboxylic acids is 1. The summed E-state index contributed by atoms with van der Waals surface area (Å²) in [5.74, 6) is -1.59. The number of carbonyl (C=O) groups is 2. The average Bonchev–Trinajstić information content (AvgIpc) is 2.59. The fourth-order valence-corrected chi connectivity index (χ4v) is 3.45. The molecule has 1 aromatic rings. The predicted octanol–water partition coefficient (Wildman–Crippen LogP) is 3.66. The number of esters is 1. The van der Waals surface area contributed by atoms with E-state index in [0.29, 0.717) is 0 Å². The number of aliphatic hydroxyl groups is 1. The van der Waals surface area contributed by atoms with Gasteiger partial charge >= 0.3 is 18.1 Å². The molecule has 0 amide bonds. The fraction of sp³-hybridized carbons (Fsp3) is 0.619. The van der Waals surface area contributed by atoms with E-state index in [1.54, 1.807) is 20.8 Å². The summed E-state index contributed by atoms with van der Waals surface area (Å²) in [5, 5.41) is 22.1. The van der Waals surface area contributed by atoms with E-state index in [0.717, 1.165) is 6.07 Å². The number of carboxylic acid groups (broad SMARTS) is 1. The molecule has 0 atom stereocenters. The molecule has 0 aliphatic carbocycles. The third kappa shape index (κ3) is 7.61. The van der Waals surface area contributed by atoms with Crippen molar-refractivity contribution in [2.45, 2.75) is 63.8 Å². The zero-order valence-corrected chi connectivity index (χ0v) is 17.9. The van der Waals surface area contributed by atoms with Crippen LogP contribution < -0.4 is 10.2 Å². The van der Waals surface area contributed by atoms with Crippen LogP contribution in [0.1, 0.15) is 52.0 Å². The fourth-order valence-electron chi connectivity index (χ4n) is 3.45. The number of benzene rings is 1. The maximum absolute atomic E-state index is 13.7. The molecule has 1 saturated heterocycles. The zero-order valence-electron chi connectivity index (χ0n) is 17.9. The van der Waals surface area contributed by atoms with E-state index in [1.807, 2.05) is 0 Å². The van der Waals surface area contributed by atoms with Gasteiger partial charge in [0.05, 0.1) is 24.0 Å². The second-order valence-electron chi connectivity index (χ2n) is 8.77. The summed E-state index contributed by atoms with van der Waals surface area (Å²) < 4.78 is 46.2. The van der Waals surface area contributed by atoms with Crippen LogP contribution in [-0.4, -0.2) is 53.0 Å². The molecule has 31 heavy (non-hydrogen) atoms. The summed E-state index contributed by atoms with van der Waals surface area (Å²) in [6.45, 7) is 5.46. The number of aliphatic carboxylic acids is 1. The number of nitrogens with zero attached hydrogens (tertiary/aromatic N) is 1. The van der Waals surface area contributed by atoms with Crippen molar-refractivity contribution in [1.82, 2.24) is 0 Å². The first-order valence-corrected chi connectivity index (χ1v) is 10.0. The molecule has 3 N–H and O–H groups in total. The van der Waals surface area contributed by atoms with Gasteiger partial charge in [0.2, 0.25) is 0 Å². The van der Waals surface area contributed by atoms with Gasteiger partial charge in [-0.05, 0) is 51.8 Å². The number of ether oxygens (including phenoxy) is 1. The monoisotopic (exact) mass is 446 g/mol.